The van der Waals surface area contributed by atoms with Crippen LogP contribution in [0.1, 0.15) is 32.0 Å². The quantitative estimate of drug-likeness (QED) is 0.760. The molecular weight excluding hydrogens is 313 g/mol. The molecule has 2 aromatic heterocycles. The summed E-state index contributed by atoms with van der Waals surface area (Å²) in [6.45, 7) is 3.55. The zero-order valence-electron chi connectivity index (χ0n) is 13.6. The second-order valence-electron chi connectivity index (χ2n) is 6.78. The van der Waals surface area contributed by atoms with Gasteiger partial charge in [0.1, 0.15) is 17.1 Å². The number of fused-ring (bicyclic) bond motifs is 3. The fourth-order valence-electron chi connectivity index (χ4n) is 3.26. The van der Waals surface area contributed by atoms with Crippen molar-refractivity contribution in [1.29, 1.82) is 0 Å². The molecule has 1 fully saturated rings. The molecule has 3 aromatic rings. The van der Waals surface area contributed by atoms with Gasteiger partial charge in [-0.3, -0.25) is 0 Å². The van der Waals surface area contributed by atoms with Crippen molar-refractivity contribution in [2.45, 2.75) is 31.8 Å². The Labute approximate surface area is 137 Å². The van der Waals surface area contributed by atoms with Gasteiger partial charge >= 0.3 is 0 Å². The maximum absolute atomic E-state index is 13.9. The molecular formula is C16H18FN5O2. The Bertz CT molecular complexity index is 963. The molecule has 2 unspecified atom stereocenters. The number of hydrogen-bond donors (Lipinski definition) is 2. The second-order valence-corrected chi connectivity index (χ2v) is 6.78. The lowest BCUT2D eigenvalue weighted by Crippen LogP contribution is -2.22. The minimum Gasteiger partial charge on any atom is -0.494 e. The van der Waals surface area contributed by atoms with Gasteiger partial charge < -0.3 is 15.6 Å². The lowest BCUT2D eigenvalue weighted by atomic mass is 10.0. The summed E-state index contributed by atoms with van der Waals surface area (Å²) in [5.74, 6) is 0.757. The predicted molar refractivity (Wildman–Crippen MR) is 86.4 cm³/mol. The molecule has 0 radical (unpaired) electrons. The lowest BCUT2D eigenvalue weighted by molar-refractivity contribution is 0.0543. The fraction of sp³-hybridized carbons (Fsp3) is 0.438. The summed E-state index contributed by atoms with van der Waals surface area (Å²) in [5, 5.41) is 15.0. The number of rotatable bonds is 3. The Morgan fingerprint density at radius 3 is 2.75 bits per heavy atom. The molecule has 1 aromatic carbocycles. The highest BCUT2D eigenvalue weighted by molar-refractivity contribution is 5.95. The SMILES string of the molecule is COc1cc(F)cc2c1nc(N)n1nc(C3CC3C(C)(C)O)nc21. The van der Waals surface area contributed by atoms with Crippen LogP contribution in [-0.4, -0.2) is 37.4 Å². The number of benzene rings is 1. The molecule has 2 heterocycles. The van der Waals surface area contributed by atoms with Crippen LogP contribution in [0.5, 0.6) is 5.75 Å². The van der Waals surface area contributed by atoms with Gasteiger partial charge in [0.25, 0.3) is 0 Å². The number of aliphatic hydroxyl groups is 1. The summed E-state index contributed by atoms with van der Waals surface area (Å²) in [5.41, 5.74) is 6.08. The van der Waals surface area contributed by atoms with Crippen LogP contribution in [0.25, 0.3) is 16.6 Å². The van der Waals surface area contributed by atoms with E-state index in [1.807, 2.05) is 0 Å². The van der Waals surface area contributed by atoms with E-state index in [9.17, 15) is 9.50 Å². The first kappa shape index (κ1) is 15.1. The Morgan fingerprint density at radius 2 is 2.12 bits per heavy atom. The summed E-state index contributed by atoms with van der Waals surface area (Å²) in [7, 11) is 1.45. The van der Waals surface area contributed by atoms with E-state index < -0.39 is 11.4 Å². The topological polar surface area (TPSA) is 98.6 Å². The number of nitrogens with two attached hydrogens (primary N) is 1. The van der Waals surface area contributed by atoms with Gasteiger partial charge in [-0.25, -0.2) is 14.4 Å². The van der Waals surface area contributed by atoms with E-state index in [2.05, 4.69) is 15.1 Å². The Balaban J connectivity index is 1.92. The average Bonchev–Trinajstić information content (AvgIpc) is 3.20. The molecule has 3 N–H and O–H groups in total. The number of nitrogen functional groups attached to an aromatic ring is 1. The summed E-state index contributed by atoms with van der Waals surface area (Å²) >= 11 is 0. The van der Waals surface area contributed by atoms with Gasteiger partial charge in [-0.05, 0) is 32.3 Å². The van der Waals surface area contributed by atoms with Crippen LogP contribution in [0.3, 0.4) is 0 Å². The van der Waals surface area contributed by atoms with Gasteiger partial charge in [-0.15, -0.1) is 5.10 Å². The number of aromatic nitrogens is 4. The zero-order valence-corrected chi connectivity index (χ0v) is 13.6. The van der Waals surface area contributed by atoms with Gasteiger partial charge in [0, 0.05) is 12.0 Å². The lowest BCUT2D eigenvalue weighted by Gasteiger charge is -2.15. The second kappa shape index (κ2) is 4.76. The molecule has 0 aliphatic heterocycles. The highest BCUT2D eigenvalue weighted by Crippen LogP contribution is 2.52. The van der Waals surface area contributed by atoms with E-state index >= 15 is 0 Å². The zero-order chi connectivity index (χ0) is 17.2. The van der Waals surface area contributed by atoms with Crippen molar-refractivity contribution < 1.29 is 14.2 Å². The Kier molecular flexibility index (Phi) is 2.99. The van der Waals surface area contributed by atoms with Crippen molar-refractivity contribution in [3.8, 4) is 5.75 Å². The van der Waals surface area contributed by atoms with E-state index in [1.165, 1.54) is 23.8 Å². The third-order valence-electron chi connectivity index (χ3n) is 4.60. The van der Waals surface area contributed by atoms with Crippen LogP contribution in [-0.2, 0) is 0 Å². The summed E-state index contributed by atoms with van der Waals surface area (Å²) in [4.78, 5) is 8.82. The van der Waals surface area contributed by atoms with E-state index in [4.69, 9.17) is 10.5 Å². The molecule has 4 rings (SSSR count). The smallest absolute Gasteiger partial charge is 0.223 e. The van der Waals surface area contributed by atoms with Crippen molar-refractivity contribution in [2.24, 2.45) is 5.92 Å². The predicted octanol–water partition coefficient (Wildman–Crippen LogP) is 1.88. The fourth-order valence-corrected chi connectivity index (χ4v) is 3.26. The molecule has 1 aliphatic rings. The van der Waals surface area contributed by atoms with Crippen molar-refractivity contribution in [1.82, 2.24) is 19.6 Å². The number of hydrogen-bond acceptors (Lipinski definition) is 6. The summed E-state index contributed by atoms with van der Waals surface area (Å²) in [6, 6.07) is 2.60. The van der Waals surface area contributed by atoms with Gasteiger partial charge in [-0.1, -0.05) is 0 Å². The molecule has 24 heavy (non-hydrogen) atoms. The van der Waals surface area contributed by atoms with Crippen molar-refractivity contribution in [3.05, 3.63) is 23.8 Å². The molecule has 0 bridgehead atoms. The van der Waals surface area contributed by atoms with Gasteiger partial charge in [0.15, 0.2) is 11.5 Å². The monoisotopic (exact) mass is 331 g/mol. The van der Waals surface area contributed by atoms with Crippen LogP contribution < -0.4 is 10.5 Å². The minimum atomic E-state index is -0.788. The van der Waals surface area contributed by atoms with Crippen molar-refractivity contribution in [3.63, 3.8) is 0 Å². The van der Waals surface area contributed by atoms with Crippen LogP contribution in [0, 0.1) is 11.7 Å². The largest absolute Gasteiger partial charge is 0.494 e. The van der Waals surface area contributed by atoms with Gasteiger partial charge in [0.05, 0.1) is 18.1 Å². The first-order chi connectivity index (χ1) is 11.3. The normalized spacial score (nSPS) is 20.7. The average molecular weight is 331 g/mol. The molecule has 1 aliphatic carbocycles. The van der Waals surface area contributed by atoms with E-state index in [1.54, 1.807) is 13.8 Å². The number of halogens is 1. The van der Waals surface area contributed by atoms with Crippen LogP contribution in [0.15, 0.2) is 12.1 Å². The van der Waals surface area contributed by atoms with Crippen LogP contribution in [0.4, 0.5) is 10.3 Å². The van der Waals surface area contributed by atoms with Crippen LogP contribution in [0.2, 0.25) is 0 Å². The molecule has 7 nitrogen and oxygen atoms in total. The van der Waals surface area contributed by atoms with Crippen molar-refractivity contribution in [2.75, 3.05) is 12.8 Å². The third-order valence-corrected chi connectivity index (χ3v) is 4.60. The number of anilines is 1. The molecule has 0 amide bonds. The van der Waals surface area contributed by atoms with E-state index in [0.29, 0.717) is 28.1 Å². The van der Waals surface area contributed by atoms with Gasteiger partial charge in [-0.2, -0.15) is 4.52 Å². The molecule has 1 saturated carbocycles. The maximum Gasteiger partial charge on any atom is 0.223 e. The highest BCUT2D eigenvalue weighted by Gasteiger charge is 2.49. The molecule has 2 atom stereocenters. The number of methoxy groups -OCH3 is 1. The third kappa shape index (κ3) is 2.17. The summed E-state index contributed by atoms with van der Waals surface area (Å²) in [6.07, 6.45) is 0.809. The van der Waals surface area contributed by atoms with Crippen molar-refractivity contribution >= 4 is 22.5 Å². The molecule has 0 saturated heterocycles. The molecule has 8 heteroatoms. The molecule has 126 valence electrons. The Hall–Kier alpha value is -2.48. The maximum atomic E-state index is 13.9. The molecule has 0 spiro atoms. The van der Waals surface area contributed by atoms with E-state index in [-0.39, 0.29) is 17.8 Å². The Morgan fingerprint density at radius 1 is 1.38 bits per heavy atom. The minimum absolute atomic E-state index is 0.0646. The number of nitrogens with zero attached hydrogens (tertiary/aromatic N) is 4. The first-order valence-corrected chi connectivity index (χ1v) is 7.71. The highest BCUT2D eigenvalue weighted by atomic mass is 19.1. The van der Waals surface area contributed by atoms with Gasteiger partial charge in [0.2, 0.25) is 5.95 Å². The van der Waals surface area contributed by atoms with E-state index in [0.717, 1.165) is 6.42 Å². The standard InChI is InChI=1S/C16H18FN5O2/c1-16(2,23)10-6-8(10)13-20-14-9-4-7(17)5-11(24-3)12(9)19-15(18)22(14)21-13/h4-5,8,10,23H,6H2,1-3H3,(H2,18,19). The van der Waals surface area contributed by atoms with Crippen LogP contribution >= 0.6 is 0 Å². The number of ether oxygens (including phenoxy) is 1. The first-order valence-electron chi connectivity index (χ1n) is 7.71. The summed E-state index contributed by atoms with van der Waals surface area (Å²) < 4.78 is 20.5.